The van der Waals surface area contributed by atoms with Gasteiger partial charge in [0.1, 0.15) is 6.04 Å². The fourth-order valence-corrected chi connectivity index (χ4v) is 5.67. The summed E-state index contributed by atoms with van der Waals surface area (Å²) in [5, 5.41) is 12.4. The first-order chi connectivity index (χ1) is 18.8. The minimum atomic E-state index is -1.02. The second kappa shape index (κ2) is 17.9. The molecule has 1 aliphatic carbocycles. The van der Waals surface area contributed by atoms with Crippen molar-refractivity contribution in [3.05, 3.63) is 59.2 Å². The van der Waals surface area contributed by atoms with Crippen molar-refractivity contribution in [2.24, 2.45) is 5.92 Å². The fourth-order valence-electron chi connectivity index (χ4n) is 5.20. The molecule has 1 aliphatic rings. The Morgan fingerprint density at radius 2 is 1.77 bits per heavy atom. The molecule has 0 spiro atoms. The Labute approximate surface area is 256 Å². The zero-order valence-electron chi connectivity index (χ0n) is 23.9. The number of thioether (sulfide) groups is 1. The van der Waals surface area contributed by atoms with Crippen LogP contribution in [0.3, 0.4) is 0 Å². The van der Waals surface area contributed by atoms with Crippen molar-refractivity contribution in [3.63, 3.8) is 0 Å². The van der Waals surface area contributed by atoms with E-state index in [4.69, 9.17) is 9.47 Å². The molecule has 2 aromatic carbocycles. The Hall–Kier alpha value is -1.75. The molecule has 40 heavy (non-hydrogen) atoms. The van der Waals surface area contributed by atoms with Crippen LogP contribution in [0.1, 0.15) is 80.3 Å². The molecule has 2 aromatic rings. The van der Waals surface area contributed by atoms with Crippen molar-refractivity contribution >= 4 is 42.5 Å². The molecule has 0 heterocycles. The van der Waals surface area contributed by atoms with Crippen LogP contribution in [0.5, 0.6) is 0 Å². The predicted molar refractivity (Wildman–Crippen MR) is 167 cm³/mol. The first-order valence-electron chi connectivity index (χ1n) is 14.2. The molecule has 0 aromatic heterocycles. The second-order valence-corrected chi connectivity index (χ2v) is 11.9. The van der Waals surface area contributed by atoms with E-state index in [0.29, 0.717) is 36.9 Å². The molecule has 0 radical (unpaired) electrons. The third kappa shape index (κ3) is 10.9. The van der Waals surface area contributed by atoms with Gasteiger partial charge in [-0.25, -0.2) is 4.79 Å². The van der Waals surface area contributed by atoms with Crippen LogP contribution >= 0.6 is 11.8 Å². The Bertz CT molecular complexity index is 1070. The van der Waals surface area contributed by atoms with Crippen molar-refractivity contribution in [1.82, 2.24) is 5.32 Å². The van der Waals surface area contributed by atoms with Crippen molar-refractivity contribution in [3.8, 4) is 11.1 Å². The van der Waals surface area contributed by atoms with Gasteiger partial charge in [-0.2, -0.15) is 11.8 Å². The van der Waals surface area contributed by atoms with Crippen molar-refractivity contribution in [2.45, 2.75) is 90.6 Å². The summed E-state index contributed by atoms with van der Waals surface area (Å²) < 4.78 is 12.4. The average Bonchev–Trinajstić information content (AvgIpc) is 2.93. The van der Waals surface area contributed by atoms with Gasteiger partial charge in [0.2, 0.25) is 0 Å². The van der Waals surface area contributed by atoms with Crippen LogP contribution in [-0.2, 0) is 20.9 Å². The summed E-state index contributed by atoms with van der Waals surface area (Å²) in [5.41, 5.74) is 4.21. The van der Waals surface area contributed by atoms with Crippen molar-refractivity contribution in [2.75, 3.05) is 18.6 Å². The monoisotopic (exact) mass is 563 g/mol. The van der Waals surface area contributed by atoms with Gasteiger partial charge in [-0.15, -0.1) is 0 Å². The number of benzene rings is 2. The van der Waals surface area contributed by atoms with Gasteiger partial charge in [-0.05, 0) is 85.9 Å². The predicted octanol–water partition coefficient (Wildman–Crippen LogP) is 6.23. The molecule has 3 rings (SSSR count). The molecule has 0 saturated heterocycles. The van der Waals surface area contributed by atoms with Gasteiger partial charge < -0.3 is 19.9 Å². The molecule has 6 nitrogen and oxygen atoms in total. The van der Waals surface area contributed by atoms with Crippen LogP contribution in [-0.4, -0.2) is 72.7 Å². The zero-order chi connectivity index (χ0) is 28.2. The Morgan fingerprint density at radius 3 is 2.42 bits per heavy atom. The van der Waals surface area contributed by atoms with E-state index < -0.39 is 12.0 Å². The number of hydrogen-bond acceptors (Lipinski definition) is 5. The second-order valence-electron chi connectivity index (χ2n) is 10.9. The molecule has 8 heteroatoms. The van der Waals surface area contributed by atoms with Crippen molar-refractivity contribution in [1.29, 1.82) is 0 Å². The fraction of sp³-hybridized carbons (Fsp3) is 0.562. The molecule has 0 aliphatic heterocycles. The molecule has 2 unspecified atom stereocenters. The molecule has 1 fully saturated rings. The zero-order valence-corrected chi connectivity index (χ0v) is 24.7. The van der Waals surface area contributed by atoms with E-state index in [0.717, 1.165) is 28.7 Å². The van der Waals surface area contributed by atoms with Gasteiger partial charge >= 0.3 is 24.8 Å². The number of ether oxygens (including phenoxy) is 2. The number of carboxylic acid groups (broad SMARTS) is 1. The number of carboxylic acids is 1. The van der Waals surface area contributed by atoms with Crippen LogP contribution in [0.2, 0.25) is 0 Å². The van der Waals surface area contributed by atoms with E-state index in [2.05, 4.69) is 5.32 Å². The summed E-state index contributed by atoms with van der Waals surface area (Å²) in [7, 11) is 0. The average molecular weight is 564 g/mol. The van der Waals surface area contributed by atoms with E-state index in [-0.39, 0.29) is 37.0 Å². The standard InChI is InChI=1S/C32H45NO5S.Li.H/c1-22(2)37-21-26(18-24-11-6-5-7-12-24)38-20-25-14-15-28(29(19-25)27-13-9-8-10-23(27)3)31(34)33-30(32(35)36)16-17-39-4;;/h8-10,13-15,19,22,24,26,30H,5-7,11-12,16-18,20-21H2,1-4H3,(H,33,34)(H,35,36);;. The Morgan fingerprint density at radius 1 is 1.05 bits per heavy atom. The van der Waals surface area contributed by atoms with E-state index in [1.807, 2.05) is 63.4 Å². The van der Waals surface area contributed by atoms with Crippen LogP contribution in [0, 0.1) is 12.8 Å². The normalized spacial score (nSPS) is 15.3. The number of nitrogens with one attached hydrogen (secondary N) is 1. The van der Waals surface area contributed by atoms with E-state index in [1.165, 1.54) is 32.1 Å². The van der Waals surface area contributed by atoms with E-state index in [1.54, 1.807) is 17.8 Å². The number of carbonyl (C=O) groups excluding carboxylic acids is 1. The van der Waals surface area contributed by atoms with Crippen molar-refractivity contribution < 1.29 is 24.2 Å². The van der Waals surface area contributed by atoms with E-state index >= 15 is 0 Å². The Balaban J connectivity index is 0.00000560. The van der Waals surface area contributed by atoms with Gasteiger partial charge in [-0.3, -0.25) is 4.79 Å². The van der Waals surface area contributed by atoms with Crippen LogP contribution in [0.15, 0.2) is 42.5 Å². The first kappa shape index (κ1) is 34.4. The maximum absolute atomic E-state index is 13.3. The maximum atomic E-state index is 13.3. The molecular formula is C32H46LiNO5S. The Kier molecular flexibility index (Phi) is 15.4. The van der Waals surface area contributed by atoms with Gasteiger partial charge in [0.15, 0.2) is 0 Å². The van der Waals surface area contributed by atoms with Gasteiger partial charge in [0, 0.05) is 5.56 Å². The van der Waals surface area contributed by atoms with Crippen LogP contribution in [0.4, 0.5) is 0 Å². The van der Waals surface area contributed by atoms with Crippen LogP contribution < -0.4 is 5.32 Å². The molecule has 1 amide bonds. The van der Waals surface area contributed by atoms with E-state index in [9.17, 15) is 14.7 Å². The van der Waals surface area contributed by atoms with Gasteiger partial charge in [0.25, 0.3) is 5.91 Å². The number of aliphatic carboxylic acids is 1. The molecule has 1 saturated carbocycles. The summed E-state index contributed by atoms with van der Waals surface area (Å²) in [5.74, 6) is -0.0654. The SMILES string of the molecule is CSCCC(NC(=O)c1ccc(COC(COC(C)C)CC2CCCCC2)cc1-c1ccccc1C)C(=O)O.[LiH]. The summed E-state index contributed by atoms with van der Waals surface area (Å²) in [6, 6.07) is 12.7. The third-order valence-electron chi connectivity index (χ3n) is 7.40. The third-order valence-corrected chi connectivity index (χ3v) is 8.04. The number of hydrogen-bond donors (Lipinski definition) is 2. The summed E-state index contributed by atoms with van der Waals surface area (Å²) in [6.07, 6.45) is 9.92. The topological polar surface area (TPSA) is 84.9 Å². The van der Waals surface area contributed by atoms with Gasteiger partial charge in [0.05, 0.1) is 25.4 Å². The number of aryl methyl sites for hydroxylation is 1. The number of amides is 1. The quantitative estimate of drug-likeness (QED) is 0.250. The summed E-state index contributed by atoms with van der Waals surface area (Å²) in [6.45, 7) is 7.11. The molecule has 216 valence electrons. The number of carbonyl (C=O) groups is 2. The summed E-state index contributed by atoms with van der Waals surface area (Å²) in [4.78, 5) is 25.1. The number of rotatable bonds is 15. The summed E-state index contributed by atoms with van der Waals surface area (Å²) >= 11 is 1.56. The van der Waals surface area contributed by atoms with Gasteiger partial charge in [-0.1, -0.05) is 62.4 Å². The molecule has 2 N–H and O–H groups in total. The first-order valence-corrected chi connectivity index (χ1v) is 15.6. The van der Waals surface area contributed by atoms with Crippen LogP contribution in [0.25, 0.3) is 11.1 Å². The molecular weight excluding hydrogens is 517 g/mol. The minimum absolute atomic E-state index is 0. The molecule has 0 bridgehead atoms. The molecule has 2 atom stereocenters.